The van der Waals surface area contributed by atoms with Gasteiger partial charge in [-0.25, -0.2) is 0 Å². The summed E-state index contributed by atoms with van der Waals surface area (Å²) in [5.74, 6) is 0.544. The number of carbonyl (C=O) groups excluding carboxylic acids is 1. The maximum Gasteiger partial charge on any atom is 0.239 e. The molecule has 0 aromatic rings. The molecule has 1 fully saturated rings. The Morgan fingerprint density at radius 3 is 2.87 bits per heavy atom. The third kappa shape index (κ3) is 4.36. The van der Waals surface area contributed by atoms with E-state index in [0.29, 0.717) is 5.92 Å². The summed E-state index contributed by atoms with van der Waals surface area (Å²) in [6, 6.07) is -0.378. The number of hydrogen-bond donors (Lipinski definition) is 1. The van der Waals surface area contributed by atoms with E-state index < -0.39 is 0 Å². The number of nitrogens with zero attached hydrogens (tertiary/aromatic N) is 1. The fraction of sp³-hybridized carbons (Fsp3) is 0.900. The second-order valence-electron chi connectivity index (χ2n) is 4.04. The summed E-state index contributed by atoms with van der Waals surface area (Å²) >= 11 is 0. The Morgan fingerprint density at radius 2 is 2.33 bits per heavy atom. The number of halogens is 1. The summed E-state index contributed by atoms with van der Waals surface area (Å²) in [6.07, 6.45) is 2.21. The van der Waals surface area contributed by atoms with Gasteiger partial charge < -0.3 is 15.4 Å². The molecule has 1 rings (SSSR count). The van der Waals surface area contributed by atoms with Crippen molar-refractivity contribution >= 4 is 18.3 Å². The molecule has 2 atom stereocenters. The Hall–Kier alpha value is -0.320. The quantitative estimate of drug-likeness (QED) is 0.783. The fourth-order valence-corrected chi connectivity index (χ4v) is 1.92. The lowest BCUT2D eigenvalue weighted by Crippen LogP contribution is -2.47. The van der Waals surface area contributed by atoms with Gasteiger partial charge in [0, 0.05) is 20.2 Å². The van der Waals surface area contributed by atoms with Crippen molar-refractivity contribution in [1.82, 2.24) is 4.90 Å². The van der Waals surface area contributed by atoms with E-state index in [9.17, 15) is 4.79 Å². The van der Waals surface area contributed by atoms with Crippen molar-refractivity contribution in [3.8, 4) is 0 Å². The van der Waals surface area contributed by atoms with Gasteiger partial charge in [-0.05, 0) is 25.7 Å². The monoisotopic (exact) mass is 236 g/mol. The Labute approximate surface area is 97.5 Å². The molecule has 1 aliphatic rings. The van der Waals surface area contributed by atoms with Crippen LogP contribution in [0.1, 0.15) is 19.8 Å². The van der Waals surface area contributed by atoms with Crippen LogP contribution in [0.5, 0.6) is 0 Å². The Balaban J connectivity index is 0.00000196. The van der Waals surface area contributed by atoms with Crippen LogP contribution >= 0.6 is 12.4 Å². The van der Waals surface area contributed by atoms with Gasteiger partial charge in [-0.1, -0.05) is 0 Å². The minimum Gasteiger partial charge on any atom is -0.384 e. The first-order valence-corrected chi connectivity index (χ1v) is 5.18. The van der Waals surface area contributed by atoms with E-state index >= 15 is 0 Å². The lowest BCUT2D eigenvalue weighted by molar-refractivity contribution is -0.134. The molecule has 90 valence electrons. The Bertz CT molecular complexity index is 198. The summed E-state index contributed by atoms with van der Waals surface area (Å²) in [5, 5.41) is 0. The van der Waals surface area contributed by atoms with Gasteiger partial charge in [-0.3, -0.25) is 4.79 Å². The zero-order chi connectivity index (χ0) is 10.6. The lowest BCUT2D eigenvalue weighted by Gasteiger charge is -2.33. The average molecular weight is 237 g/mol. The van der Waals surface area contributed by atoms with Crippen LogP contribution in [-0.2, 0) is 9.53 Å². The van der Waals surface area contributed by atoms with E-state index in [2.05, 4.69) is 0 Å². The highest BCUT2D eigenvalue weighted by molar-refractivity contribution is 5.85. The van der Waals surface area contributed by atoms with Crippen LogP contribution in [0.2, 0.25) is 0 Å². The fourth-order valence-electron chi connectivity index (χ4n) is 1.92. The molecule has 0 aromatic carbocycles. The van der Waals surface area contributed by atoms with Gasteiger partial charge in [-0.15, -0.1) is 12.4 Å². The molecule has 0 spiro atoms. The van der Waals surface area contributed by atoms with Crippen LogP contribution in [0.4, 0.5) is 0 Å². The van der Waals surface area contributed by atoms with E-state index in [1.54, 1.807) is 14.0 Å². The molecule has 0 aromatic heterocycles. The number of piperidine rings is 1. The molecule has 4 nitrogen and oxygen atoms in total. The zero-order valence-corrected chi connectivity index (χ0v) is 10.3. The molecule has 1 heterocycles. The number of ether oxygens (including phenoxy) is 1. The number of methoxy groups -OCH3 is 1. The highest BCUT2D eigenvalue weighted by Gasteiger charge is 2.24. The number of likely N-dealkylation sites (tertiary alicyclic amines) is 1. The minimum absolute atomic E-state index is 0. The number of hydrogen-bond acceptors (Lipinski definition) is 3. The van der Waals surface area contributed by atoms with Crippen molar-refractivity contribution in [3.63, 3.8) is 0 Å². The van der Waals surface area contributed by atoms with E-state index in [-0.39, 0.29) is 24.4 Å². The lowest BCUT2D eigenvalue weighted by atomic mass is 9.98. The first-order chi connectivity index (χ1) is 6.65. The SMILES string of the molecule is COCC1CCCN(C(=O)C(C)N)C1.Cl. The summed E-state index contributed by atoms with van der Waals surface area (Å²) in [7, 11) is 1.70. The van der Waals surface area contributed by atoms with E-state index in [1.165, 1.54) is 0 Å². The second kappa shape index (κ2) is 7.04. The predicted molar refractivity (Wildman–Crippen MR) is 62.1 cm³/mol. The standard InChI is InChI=1S/C10H20N2O2.ClH/c1-8(11)10(13)12-5-3-4-9(6-12)7-14-2;/h8-9H,3-7,11H2,1-2H3;1H. The normalized spacial score (nSPS) is 23.1. The Kier molecular flexibility index (Phi) is 6.89. The topological polar surface area (TPSA) is 55.6 Å². The molecule has 1 amide bonds. The van der Waals surface area contributed by atoms with E-state index in [1.807, 2.05) is 4.90 Å². The van der Waals surface area contributed by atoms with Crippen molar-refractivity contribution < 1.29 is 9.53 Å². The van der Waals surface area contributed by atoms with Gasteiger partial charge in [0.15, 0.2) is 0 Å². The third-order valence-corrected chi connectivity index (χ3v) is 2.62. The number of rotatable bonds is 3. The second-order valence-corrected chi connectivity index (χ2v) is 4.04. The first kappa shape index (κ1) is 14.7. The van der Waals surface area contributed by atoms with Crippen molar-refractivity contribution in [2.45, 2.75) is 25.8 Å². The van der Waals surface area contributed by atoms with Crippen LogP contribution in [0.15, 0.2) is 0 Å². The number of nitrogens with two attached hydrogens (primary N) is 1. The molecular formula is C10H21ClN2O2. The first-order valence-electron chi connectivity index (χ1n) is 5.18. The van der Waals surface area contributed by atoms with Gasteiger partial charge in [0.2, 0.25) is 5.91 Å². The van der Waals surface area contributed by atoms with Crippen molar-refractivity contribution in [2.75, 3.05) is 26.8 Å². The molecule has 1 saturated heterocycles. The average Bonchev–Trinajstić information content (AvgIpc) is 2.17. The zero-order valence-electron chi connectivity index (χ0n) is 9.44. The summed E-state index contributed by atoms with van der Waals surface area (Å²) in [5.41, 5.74) is 5.56. The van der Waals surface area contributed by atoms with Gasteiger partial charge >= 0.3 is 0 Å². The largest absolute Gasteiger partial charge is 0.384 e. The summed E-state index contributed by atoms with van der Waals surface area (Å²) in [6.45, 7) is 4.12. The molecule has 0 bridgehead atoms. The highest BCUT2D eigenvalue weighted by Crippen LogP contribution is 2.16. The number of amides is 1. The summed E-state index contributed by atoms with van der Waals surface area (Å²) < 4.78 is 5.10. The maximum absolute atomic E-state index is 11.6. The molecule has 1 aliphatic heterocycles. The van der Waals surface area contributed by atoms with Gasteiger partial charge in [-0.2, -0.15) is 0 Å². The molecule has 2 N–H and O–H groups in total. The van der Waals surface area contributed by atoms with Crippen molar-refractivity contribution in [3.05, 3.63) is 0 Å². The molecule has 0 saturated carbocycles. The number of carbonyl (C=O) groups is 1. The van der Waals surface area contributed by atoms with Crippen molar-refractivity contribution in [2.24, 2.45) is 11.7 Å². The Morgan fingerprint density at radius 1 is 1.67 bits per heavy atom. The van der Waals surface area contributed by atoms with E-state index in [4.69, 9.17) is 10.5 Å². The van der Waals surface area contributed by atoms with E-state index in [0.717, 1.165) is 32.5 Å². The van der Waals surface area contributed by atoms with Crippen LogP contribution < -0.4 is 5.73 Å². The minimum atomic E-state index is -0.378. The summed E-state index contributed by atoms with van der Waals surface area (Å²) in [4.78, 5) is 13.5. The molecule has 5 heteroatoms. The van der Waals surface area contributed by atoms with Crippen LogP contribution in [-0.4, -0.2) is 43.7 Å². The van der Waals surface area contributed by atoms with Crippen molar-refractivity contribution in [1.29, 1.82) is 0 Å². The van der Waals surface area contributed by atoms with Crippen LogP contribution in [0.25, 0.3) is 0 Å². The van der Waals surface area contributed by atoms with Crippen LogP contribution in [0.3, 0.4) is 0 Å². The maximum atomic E-state index is 11.6. The molecule has 2 unspecified atom stereocenters. The van der Waals surface area contributed by atoms with Gasteiger partial charge in [0.25, 0.3) is 0 Å². The molecule has 15 heavy (non-hydrogen) atoms. The smallest absolute Gasteiger partial charge is 0.239 e. The van der Waals surface area contributed by atoms with Gasteiger partial charge in [0.05, 0.1) is 12.6 Å². The highest BCUT2D eigenvalue weighted by atomic mass is 35.5. The van der Waals surface area contributed by atoms with Crippen LogP contribution in [0, 0.1) is 5.92 Å². The predicted octanol–water partition coefficient (Wildman–Crippen LogP) is 0.640. The molecule has 0 aliphatic carbocycles. The third-order valence-electron chi connectivity index (χ3n) is 2.62. The molecule has 0 radical (unpaired) electrons. The van der Waals surface area contributed by atoms with Gasteiger partial charge in [0.1, 0.15) is 0 Å². The molecular weight excluding hydrogens is 216 g/mol.